The molecule has 4 nitrogen and oxygen atoms in total. The summed E-state index contributed by atoms with van der Waals surface area (Å²) < 4.78 is 5.38. The highest BCUT2D eigenvalue weighted by Gasteiger charge is 2.00. The van der Waals surface area contributed by atoms with Gasteiger partial charge >= 0.3 is 6.01 Å². The van der Waals surface area contributed by atoms with Crippen molar-refractivity contribution in [2.45, 2.75) is 6.42 Å². The number of aromatic nitrogens is 2. The number of rotatable bonds is 4. The quantitative estimate of drug-likeness (QED) is 0.845. The molecule has 1 aromatic heterocycles. The zero-order valence-electron chi connectivity index (χ0n) is 9.14. The number of benzene rings is 1. The Kier molecular flexibility index (Phi) is 3.77. The number of ether oxygens (including phenoxy) is 1. The molecule has 2 N–H and O–H groups in total. The van der Waals surface area contributed by atoms with E-state index >= 15 is 0 Å². The molecular formula is C12H12ClN3O. The van der Waals surface area contributed by atoms with Crippen molar-refractivity contribution in [3.05, 3.63) is 47.2 Å². The Hall–Kier alpha value is -1.81. The Morgan fingerprint density at radius 3 is 2.59 bits per heavy atom. The third kappa shape index (κ3) is 3.32. The van der Waals surface area contributed by atoms with Crippen LogP contribution in [0, 0.1) is 0 Å². The van der Waals surface area contributed by atoms with Crippen LogP contribution in [-0.2, 0) is 6.42 Å². The molecule has 0 spiro atoms. The number of para-hydroxylation sites is 1. The topological polar surface area (TPSA) is 61.0 Å². The van der Waals surface area contributed by atoms with E-state index in [1.807, 2.05) is 24.3 Å². The summed E-state index contributed by atoms with van der Waals surface area (Å²) in [5, 5.41) is 0.490. The lowest BCUT2D eigenvalue weighted by molar-refractivity contribution is 0.296. The van der Waals surface area contributed by atoms with Crippen molar-refractivity contribution in [3.63, 3.8) is 0 Å². The monoisotopic (exact) mass is 249 g/mol. The van der Waals surface area contributed by atoms with E-state index in [4.69, 9.17) is 22.1 Å². The maximum atomic E-state index is 5.82. The molecule has 0 fully saturated rings. The van der Waals surface area contributed by atoms with E-state index in [2.05, 4.69) is 9.97 Å². The molecule has 0 amide bonds. The van der Waals surface area contributed by atoms with Gasteiger partial charge in [0.05, 0.1) is 24.0 Å². The molecule has 0 aliphatic rings. The Morgan fingerprint density at radius 1 is 1.18 bits per heavy atom. The molecule has 88 valence electrons. The Labute approximate surface area is 104 Å². The van der Waals surface area contributed by atoms with E-state index in [9.17, 15) is 0 Å². The fourth-order valence-corrected chi connectivity index (χ4v) is 1.49. The fraction of sp³-hybridized carbons (Fsp3) is 0.167. The minimum atomic E-state index is 0.323. The lowest BCUT2D eigenvalue weighted by Crippen LogP contribution is -2.05. The number of hydrogen-bond acceptors (Lipinski definition) is 4. The smallest absolute Gasteiger partial charge is 0.316 e. The molecule has 17 heavy (non-hydrogen) atoms. The van der Waals surface area contributed by atoms with Gasteiger partial charge in [0, 0.05) is 12.1 Å². The fourth-order valence-electron chi connectivity index (χ4n) is 1.39. The first-order valence-electron chi connectivity index (χ1n) is 5.19. The van der Waals surface area contributed by atoms with Crippen LogP contribution in [0.25, 0.3) is 0 Å². The van der Waals surface area contributed by atoms with Crippen LogP contribution in [0.2, 0.25) is 5.02 Å². The van der Waals surface area contributed by atoms with Gasteiger partial charge < -0.3 is 10.5 Å². The minimum Gasteiger partial charge on any atom is -0.463 e. The van der Waals surface area contributed by atoms with Gasteiger partial charge in [-0.3, -0.25) is 0 Å². The van der Waals surface area contributed by atoms with Crippen LogP contribution in [0.4, 0.5) is 5.69 Å². The molecular weight excluding hydrogens is 238 g/mol. The van der Waals surface area contributed by atoms with Crippen molar-refractivity contribution < 1.29 is 4.74 Å². The van der Waals surface area contributed by atoms with Gasteiger partial charge in [-0.05, 0) is 11.6 Å². The molecule has 1 heterocycles. The van der Waals surface area contributed by atoms with Crippen LogP contribution in [0.3, 0.4) is 0 Å². The Balaban J connectivity index is 1.88. The molecule has 0 saturated heterocycles. The largest absolute Gasteiger partial charge is 0.463 e. The highest BCUT2D eigenvalue weighted by atomic mass is 35.5. The van der Waals surface area contributed by atoms with Gasteiger partial charge in [-0.2, -0.15) is 0 Å². The van der Waals surface area contributed by atoms with E-state index in [0.29, 0.717) is 17.6 Å². The van der Waals surface area contributed by atoms with Gasteiger partial charge in [0.15, 0.2) is 0 Å². The molecule has 0 radical (unpaired) electrons. The van der Waals surface area contributed by atoms with Gasteiger partial charge in [0.2, 0.25) is 0 Å². The molecule has 0 aliphatic heterocycles. The van der Waals surface area contributed by atoms with Gasteiger partial charge in [0.25, 0.3) is 0 Å². The maximum Gasteiger partial charge on any atom is 0.316 e. The molecule has 5 heteroatoms. The number of halogens is 1. The third-order valence-corrected chi connectivity index (χ3v) is 2.45. The second-order valence-corrected chi connectivity index (χ2v) is 3.92. The molecule has 2 rings (SSSR count). The standard InChI is InChI=1S/C12H12ClN3O/c13-10-7-15-12(16-8-10)17-6-5-9-3-1-2-4-11(9)14/h1-4,7-8H,5-6,14H2. The highest BCUT2D eigenvalue weighted by Crippen LogP contribution is 2.12. The first-order chi connectivity index (χ1) is 8.25. The second kappa shape index (κ2) is 5.50. The van der Waals surface area contributed by atoms with Crippen LogP contribution in [0.5, 0.6) is 6.01 Å². The summed E-state index contributed by atoms with van der Waals surface area (Å²) in [5.41, 5.74) is 7.64. The zero-order valence-corrected chi connectivity index (χ0v) is 9.89. The summed E-state index contributed by atoms with van der Waals surface area (Å²) in [6, 6.07) is 8.02. The average Bonchev–Trinajstić information content (AvgIpc) is 2.34. The van der Waals surface area contributed by atoms with Crippen LogP contribution < -0.4 is 10.5 Å². The normalized spacial score (nSPS) is 10.2. The molecule has 2 aromatic rings. The first kappa shape index (κ1) is 11.7. The lowest BCUT2D eigenvalue weighted by atomic mass is 10.1. The lowest BCUT2D eigenvalue weighted by Gasteiger charge is -2.06. The minimum absolute atomic E-state index is 0.323. The van der Waals surface area contributed by atoms with Crippen molar-refractivity contribution in [2.24, 2.45) is 0 Å². The van der Waals surface area contributed by atoms with Crippen molar-refractivity contribution in [2.75, 3.05) is 12.3 Å². The van der Waals surface area contributed by atoms with Crippen molar-refractivity contribution in [1.29, 1.82) is 0 Å². The summed E-state index contributed by atoms with van der Waals surface area (Å²) in [5.74, 6) is 0. The van der Waals surface area contributed by atoms with Crippen molar-refractivity contribution in [1.82, 2.24) is 9.97 Å². The summed E-state index contributed by atoms with van der Waals surface area (Å²) in [4.78, 5) is 7.87. The van der Waals surface area contributed by atoms with E-state index < -0.39 is 0 Å². The summed E-state index contributed by atoms with van der Waals surface area (Å²) in [6.45, 7) is 0.482. The molecule has 0 aliphatic carbocycles. The van der Waals surface area contributed by atoms with Gasteiger partial charge in [-0.15, -0.1) is 0 Å². The highest BCUT2D eigenvalue weighted by molar-refractivity contribution is 6.30. The molecule has 0 unspecified atom stereocenters. The van der Waals surface area contributed by atoms with E-state index in [0.717, 1.165) is 17.7 Å². The SMILES string of the molecule is Nc1ccccc1CCOc1ncc(Cl)cn1. The predicted octanol–water partition coefficient (Wildman–Crippen LogP) is 2.33. The van der Waals surface area contributed by atoms with E-state index in [1.165, 1.54) is 12.4 Å². The molecule has 0 bridgehead atoms. The number of nitrogens with two attached hydrogens (primary N) is 1. The van der Waals surface area contributed by atoms with Crippen LogP contribution in [0.1, 0.15) is 5.56 Å². The maximum absolute atomic E-state index is 5.82. The Morgan fingerprint density at radius 2 is 1.88 bits per heavy atom. The Bertz CT molecular complexity index is 487. The molecule has 0 saturated carbocycles. The number of nitrogens with zero attached hydrogens (tertiary/aromatic N) is 2. The van der Waals surface area contributed by atoms with Gasteiger partial charge in [-0.1, -0.05) is 29.8 Å². The van der Waals surface area contributed by atoms with Gasteiger partial charge in [-0.25, -0.2) is 9.97 Å². The summed E-state index contributed by atoms with van der Waals surface area (Å²) in [7, 11) is 0. The van der Waals surface area contributed by atoms with E-state index in [1.54, 1.807) is 0 Å². The molecule has 1 aromatic carbocycles. The number of anilines is 1. The third-order valence-electron chi connectivity index (χ3n) is 2.25. The first-order valence-corrected chi connectivity index (χ1v) is 5.57. The van der Waals surface area contributed by atoms with Crippen molar-refractivity contribution in [3.8, 4) is 6.01 Å². The van der Waals surface area contributed by atoms with E-state index in [-0.39, 0.29) is 0 Å². The summed E-state index contributed by atoms with van der Waals surface area (Å²) in [6.07, 6.45) is 3.72. The number of nitrogen functional groups attached to an aromatic ring is 1. The zero-order chi connectivity index (χ0) is 12.1. The van der Waals surface area contributed by atoms with Crippen LogP contribution in [0.15, 0.2) is 36.7 Å². The predicted molar refractivity (Wildman–Crippen MR) is 67.1 cm³/mol. The van der Waals surface area contributed by atoms with Crippen LogP contribution in [-0.4, -0.2) is 16.6 Å². The summed E-state index contributed by atoms with van der Waals surface area (Å²) >= 11 is 5.67. The second-order valence-electron chi connectivity index (χ2n) is 3.48. The molecule has 0 atom stereocenters. The van der Waals surface area contributed by atoms with Gasteiger partial charge in [0.1, 0.15) is 0 Å². The van der Waals surface area contributed by atoms with Crippen LogP contribution >= 0.6 is 11.6 Å². The van der Waals surface area contributed by atoms with Crippen molar-refractivity contribution >= 4 is 17.3 Å². The number of hydrogen-bond donors (Lipinski definition) is 1. The average molecular weight is 250 g/mol.